The summed E-state index contributed by atoms with van der Waals surface area (Å²) in [7, 11) is 1.92. The molecule has 1 amide bonds. The first-order valence-corrected chi connectivity index (χ1v) is 15.8. The number of carbonyl (C=O) groups is 1. The highest BCUT2D eigenvalue weighted by Gasteiger charge is 2.38. The molecule has 4 aromatic rings. The Morgan fingerprint density at radius 3 is 2.37 bits per heavy atom. The van der Waals surface area contributed by atoms with Crippen molar-refractivity contribution in [1.29, 1.82) is 0 Å². The number of benzene rings is 3. The van der Waals surface area contributed by atoms with E-state index in [1.54, 1.807) is 18.1 Å². The van der Waals surface area contributed by atoms with Crippen molar-refractivity contribution in [3.05, 3.63) is 101 Å². The van der Waals surface area contributed by atoms with Crippen LogP contribution in [0.2, 0.25) is 0 Å². The quantitative estimate of drug-likeness (QED) is 0.155. The Kier molecular flexibility index (Phi) is 10.3. The fourth-order valence-corrected chi connectivity index (χ4v) is 6.17. The van der Waals surface area contributed by atoms with Gasteiger partial charge in [0.15, 0.2) is 11.4 Å². The predicted molar refractivity (Wildman–Crippen MR) is 169 cm³/mol. The minimum atomic E-state index is -2.03. The van der Waals surface area contributed by atoms with Crippen molar-refractivity contribution in [2.75, 3.05) is 5.75 Å². The van der Waals surface area contributed by atoms with Gasteiger partial charge < -0.3 is 24.5 Å². The van der Waals surface area contributed by atoms with Crippen molar-refractivity contribution in [2.24, 2.45) is 13.0 Å². The van der Waals surface area contributed by atoms with Crippen LogP contribution in [0.15, 0.2) is 84.3 Å². The van der Waals surface area contributed by atoms with E-state index in [4.69, 9.17) is 44.3 Å². The average Bonchev–Trinajstić information content (AvgIpc) is 3.43. The topological polar surface area (TPSA) is 98.5 Å². The first-order valence-electron chi connectivity index (χ1n) is 13.6. The highest BCUT2D eigenvalue weighted by molar-refractivity contribution is 7.99. The van der Waals surface area contributed by atoms with E-state index < -0.39 is 16.0 Å². The van der Waals surface area contributed by atoms with E-state index in [1.165, 1.54) is 0 Å². The standard InChI is InChI=1S/C31H31Cl3N4O4S/c1-19-26(17-43-30-37-36-18-38(30)2)41-28(42-27(19)22-9-7-20(16-39)8-10-22)23-13-11-21(12-14-23)25-6-4-3-5-24(25)15-35-29(40)31(32,33)34/h3-14,18-19,26-28,39H,15-17H2,1-2H3,(H,35,40)/t19-,26+,27+,28+/m1/s1. The third kappa shape index (κ3) is 7.72. The van der Waals surface area contributed by atoms with Gasteiger partial charge in [-0.25, -0.2) is 0 Å². The number of aliphatic hydroxyl groups is 1. The summed E-state index contributed by atoms with van der Waals surface area (Å²) in [6, 6.07) is 23.6. The number of halogens is 3. The number of hydrogen-bond donors (Lipinski definition) is 2. The van der Waals surface area contributed by atoms with E-state index in [0.29, 0.717) is 5.75 Å². The number of thioether (sulfide) groups is 1. The molecule has 1 aromatic heterocycles. The minimum absolute atomic E-state index is 0.0151. The van der Waals surface area contributed by atoms with Gasteiger partial charge in [0.25, 0.3) is 9.70 Å². The van der Waals surface area contributed by atoms with Crippen LogP contribution in [0.25, 0.3) is 11.1 Å². The van der Waals surface area contributed by atoms with Crippen molar-refractivity contribution in [2.45, 2.75) is 47.5 Å². The fraction of sp³-hybridized carbons (Fsp3) is 0.323. The van der Waals surface area contributed by atoms with Gasteiger partial charge in [0, 0.05) is 30.8 Å². The molecule has 12 heteroatoms. The Labute approximate surface area is 269 Å². The molecule has 3 aromatic carbocycles. The molecule has 5 rings (SSSR count). The summed E-state index contributed by atoms with van der Waals surface area (Å²) in [5, 5.41) is 21.2. The Bertz CT molecular complexity index is 1530. The van der Waals surface area contributed by atoms with Gasteiger partial charge in [0.05, 0.1) is 18.8 Å². The Morgan fingerprint density at radius 1 is 1.02 bits per heavy atom. The van der Waals surface area contributed by atoms with Crippen LogP contribution in [-0.2, 0) is 34.5 Å². The van der Waals surface area contributed by atoms with E-state index >= 15 is 0 Å². The van der Waals surface area contributed by atoms with Crippen molar-refractivity contribution in [1.82, 2.24) is 20.1 Å². The molecule has 1 saturated heterocycles. The number of carbonyl (C=O) groups excluding carboxylic acids is 1. The number of aryl methyl sites for hydroxylation is 1. The van der Waals surface area contributed by atoms with Crippen LogP contribution in [0.3, 0.4) is 0 Å². The monoisotopic (exact) mass is 660 g/mol. The Morgan fingerprint density at radius 2 is 1.72 bits per heavy atom. The molecule has 4 atom stereocenters. The van der Waals surface area contributed by atoms with E-state index in [-0.39, 0.29) is 31.3 Å². The lowest BCUT2D eigenvalue weighted by molar-refractivity contribution is -0.268. The van der Waals surface area contributed by atoms with Crippen LogP contribution >= 0.6 is 46.6 Å². The zero-order valence-corrected chi connectivity index (χ0v) is 26.6. The maximum absolute atomic E-state index is 12.1. The molecular weight excluding hydrogens is 631 g/mol. The summed E-state index contributed by atoms with van der Waals surface area (Å²) in [4.78, 5) is 12.1. The number of aromatic nitrogens is 3. The van der Waals surface area contributed by atoms with Crippen LogP contribution in [0.4, 0.5) is 0 Å². The van der Waals surface area contributed by atoms with Crippen molar-refractivity contribution >= 4 is 52.5 Å². The second-order valence-corrected chi connectivity index (χ2v) is 13.6. The third-order valence-corrected chi connectivity index (χ3v) is 9.02. The molecule has 1 fully saturated rings. The molecule has 226 valence electrons. The highest BCUT2D eigenvalue weighted by Crippen LogP contribution is 2.43. The minimum Gasteiger partial charge on any atom is -0.392 e. The number of hydrogen-bond acceptors (Lipinski definition) is 7. The molecule has 2 heterocycles. The van der Waals surface area contributed by atoms with Crippen LogP contribution in [0.5, 0.6) is 0 Å². The fourth-order valence-electron chi connectivity index (χ4n) is 4.92. The summed E-state index contributed by atoms with van der Waals surface area (Å²) in [6.45, 7) is 2.32. The molecule has 0 bridgehead atoms. The maximum atomic E-state index is 12.1. The molecule has 0 saturated carbocycles. The molecule has 0 radical (unpaired) electrons. The molecule has 1 aliphatic heterocycles. The SMILES string of the molecule is C[C@@H]1[C@H](CSc2nncn2C)O[C@H](c2ccc(-c3ccccc3CNC(=O)C(Cl)(Cl)Cl)cc2)O[C@@H]1c1ccc(CO)cc1. The maximum Gasteiger partial charge on any atom is 0.272 e. The first kappa shape index (κ1) is 31.8. The lowest BCUT2D eigenvalue weighted by Crippen LogP contribution is -2.38. The van der Waals surface area contributed by atoms with Gasteiger partial charge in [0.1, 0.15) is 6.33 Å². The second-order valence-electron chi connectivity index (χ2n) is 10.3. The van der Waals surface area contributed by atoms with Crippen molar-refractivity contribution in [3.8, 4) is 11.1 Å². The second kappa shape index (κ2) is 14.0. The number of alkyl halides is 3. The molecule has 0 aliphatic carbocycles. The number of nitrogens with zero attached hydrogens (tertiary/aromatic N) is 3. The Hall–Kier alpha value is -2.63. The number of rotatable bonds is 9. The summed E-state index contributed by atoms with van der Waals surface area (Å²) in [5.41, 5.74) is 5.52. The molecule has 0 spiro atoms. The normalized spacial score (nSPS) is 20.6. The average molecular weight is 662 g/mol. The smallest absolute Gasteiger partial charge is 0.272 e. The van der Waals surface area contributed by atoms with Crippen LogP contribution in [-0.4, -0.2) is 41.4 Å². The summed E-state index contributed by atoms with van der Waals surface area (Å²) >= 11 is 18.7. The molecule has 2 N–H and O–H groups in total. The zero-order valence-electron chi connectivity index (χ0n) is 23.5. The van der Waals surface area contributed by atoms with E-state index in [0.717, 1.165) is 38.5 Å². The zero-order chi connectivity index (χ0) is 30.6. The molecule has 0 unspecified atom stereocenters. The van der Waals surface area contributed by atoms with E-state index in [1.807, 2.05) is 84.4 Å². The predicted octanol–water partition coefficient (Wildman–Crippen LogP) is 6.54. The van der Waals surface area contributed by atoms with Gasteiger partial charge in [-0.15, -0.1) is 10.2 Å². The van der Waals surface area contributed by atoms with Crippen molar-refractivity contribution < 1.29 is 19.4 Å². The number of nitrogens with one attached hydrogen (secondary N) is 1. The van der Waals surface area contributed by atoms with E-state index in [9.17, 15) is 9.90 Å². The third-order valence-electron chi connectivity index (χ3n) is 7.38. The molecule has 1 aliphatic rings. The highest BCUT2D eigenvalue weighted by atomic mass is 35.6. The van der Waals surface area contributed by atoms with Gasteiger partial charge in [-0.2, -0.15) is 0 Å². The van der Waals surface area contributed by atoms with Gasteiger partial charge in [0.2, 0.25) is 0 Å². The van der Waals surface area contributed by atoms with Crippen LogP contribution < -0.4 is 5.32 Å². The van der Waals surface area contributed by atoms with Crippen molar-refractivity contribution in [3.63, 3.8) is 0 Å². The molecule has 8 nitrogen and oxygen atoms in total. The summed E-state index contributed by atoms with van der Waals surface area (Å²) < 4.78 is 13.0. The van der Waals surface area contributed by atoms with Gasteiger partial charge in [-0.1, -0.05) is 126 Å². The van der Waals surface area contributed by atoms with Gasteiger partial charge in [-0.3, -0.25) is 4.79 Å². The largest absolute Gasteiger partial charge is 0.392 e. The Balaban J connectivity index is 1.37. The van der Waals surface area contributed by atoms with Gasteiger partial charge >= 0.3 is 0 Å². The number of aliphatic hydroxyl groups excluding tert-OH is 1. The number of ether oxygens (including phenoxy) is 2. The summed E-state index contributed by atoms with van der Waals surface area (Å²) in [5.74, 6) is 0.0337. The van der Waals surface area contributed by atoms with Gasteiger partial charge in [-0.05, 0) is 27.8 Å². The lowest BCUT2D eigenvalue weighted by atomic mass is 9.91. The molecular formula is C31H31Cl3N4O4S. The van der Waals surface area contributed by atoms with Crippen LogP contribution in [0.1, 0.15) is 41.6 Å². The molecule has 43 heavy (non-hydrogen) atoms. The first-order chi connectivity index (χ1) is 20.6. The number of amides is 1. The summed E-state index contributed by atoms with van der Waals surface area (Å²) in [6.07, 6.45) is 0.722. The lowest BCUT2D eigenvalue weighted by Gasteiger charge is -2.41. The van der Waals surface area contributed by atoms with Crippen LogP contribution in [0, 0.1) is 5.92 Å². The van der Waals surface area contributed by atoms with E-state index in [2.05, 4.69) is 22.4 Å².